The van der Waals surface area contributed by atoms with Crippen molar-refractivity contribution in [2.24, 2.45) is 5.84 Å². The fourth-order valence-electron chi connectivity index (χ4n) is 0.838. The van der Waals surface area contributed by atoms with E-state index in [1.807, 2.05) is 18.6 Å². The van der Waals surface area contributed by atoms with Crippen molar-refractivity contribution < 1.29 is 9.63 Å². The summed E-state index contributed by atoms with van der Waals surface area (Å²) in [5, 5.41) is 0.656. The summed E-state index contributed by atoms with van der Waals surface area (Å²) in [5.41, 5.74) is 2.74. The van der Waals surface area contributed by atoms with Crippen LogP contribution in [0.4, 0.5) is 0 Å². The van der Waals surface area contributed by atoms with E-state index in [1.165, 1.54) is 11.8 Å². The van der Waals surface area contributed by atoms with Crippen molar-refractivity contribution in [1.29, 1.82) is 0 Å². The Kier molecular flexibility index (Phi) is 5.02. The molecule has 1 heterocycles. The number of hydrogen-bond acceptors (Lipinski definition) is 7. The fourth-order valence-corrected chi connectivity index (χ4v) is 1.63. The number of carbonyl (C=O) groups is 1. The molecular weight excluding hydrogens is 216 g/mol. The summed E-state index contributed by atoms with van der Waals surface area (Å²) in [4.78, 5) is 23.4. The molecule has 1 aromatic rings. The second-order valence-electron chi connectivity index (χ2n) is 2.67. The van der Waals surface area contributed by atoms with Crippen LogP contribution in [-0.4, -0.2) is 21.7 Å². The van der Waals surface area contributed by atoms with E-state index >= 15 is 0 Å². The Bertz CT molecular complexity index is 334. The third-order valence-electron chi connectivity index (χ3n) is 1.48. The number of aromatic nitrogens is 2. The highest BCUT2D eigenvalue weighted by atomic mass is 32.2. The van der Waals surface area contributed by atoms with Gasteiger partial charge in [0.2, 0.25) is 0 Å². The zero-order valence-corrected chi connectivity index (χ0v) is 9.08. The van der Waals surface area contributed by atoms with E-state index in [-0.39, 0.29) is 6.42 Å². The van der Waals surface area contributed by atoms with Crippen molar-refractivity contribution in [3.63, 3.8) is 0 Å². The van der Waals surface area contributed by atoms with E-state index in [1.54, 1.807) is 6.20 Å². The van der Waals surface area contributed by atoms with Gasteiger partial charge in [0, 0.05) is 17.6 Å². The predicted octanol–water partition coefficient (Wildman–Crippen LogP) is 0.189. The van der Waals surface area contributed by atoms with Crippen molar-refractivity contribution >= 4 is 17.7 Å². The Morgan fingerprint density at radius 1 is 1.73 bits per heavy atom. The van der Waals surface area contributed by atoms with Crippen molar-refractivity contribution in [2.75, 3.05) is 5.75 Å². The second kappa shape index (κ2) is 6.33. The average Bonchev–Trinajstić information content (AvgIpc) is 2.18. The van der Waals surface area contributed by atoms with Crippen LogP contribution in [0.3, 0.4) is 0 Å². The third-order valence-corrected chi connectivity index (χ3v) is 2.35. The molecule has 0 atom stereocenters. The summed E-state index contributed by atoms with van der Waals surface area (Å²) in [6.45, 7) is 1.89. The van der Waals surface area contributed by atoms with Gasteiger partial charge in [0.15, 0.2) is 5.16 Å². The van der Waals surface area contributed by atoms with Crippen LogP contribution < -0.4 is 11.4 Å². The van der Waals surface area contributed by atoms with Gasteiger partial charge in [-0.2, -0.15) is 0 Å². The first kappa shape index (κ1) is 11.9. The number of nitrogens with zero attached hydrogens (tertiary/aromatic N) is 2. The van der Waals surface area contributed by atoms with Crippen LogP contribution in [0.2, 0.25) is 0 Å². The number of rotatable bonds is 5. The molecule has 6 nitrogen and oxygen atoms in total. The zero-order valence-electron chi connectivity index (χ0n) is 8.27. The Morgan fingerprint density at radius 3 is 3.20 bits per heavy atom. The molecule has 7 heteroatoms. The Labute approximate surface area is 91.5 Å². The molecule has 0 saturated carbocycles. The summed E-state index contributed by atoms with van der Waals surface area (Å²) < 4.78 is 0. The molecule has 0 radical (unpaired) electrons. The number of aryl methyl sites for hydroxylation is 1. The van der Waals surface area contributed by atoms with Crippen LogP contribution in [0.5, 0.6) is 0 Å². The number of hydrazine groups is 1. The summed E-state index contributed by atoms with van der Waals surface area (Å²) in [6, 6.07) is 1.82. The summed E-state index contributed by atoms with van der Waals surface area (Å²) in [7, 11) is 0. The maximum absolute atomic E-state index is 10.9. The van der Waals surface area contributed by atoms with Crippen molar-refractivity contribution in [3.8, 4) is 0 Å². The van der Waals surface area contributed by atoms with Gasteiger partial charge in [-0.3, -0.25) is 4.79 Å². The molecular formula is C8H12N4O2S. The molecule has 0 aliphatic heterocycles. The third kappa shape index (κ3) is 4.73. The standard InChI is InChI=1S/C8H12N4O2S/c1-6-2-4-10-8(11-6)15-5-3-7(13)14-12-9/h2,4,12H,3,5,9H2,1H3. The van der Waals surface area contributed by atoms with Gasteiger partial charge >= 0.3 is 5.97 Å². The van der Waals surface area contributed by atoms with Gasteiger partial charge in [0.25, 0.3) is 0 Å². The van der Waals surface area contributed by atoms with Gasteiger partial charge in [-0.05, 0) is 13.0 Å². The van der Waals surface area contributed by atoms with E-state index in [2.05, 4.69) is 14.8 Å². The second-order valence-corrected chi connectivity index (χ2v) is 3.73. The van der Waals surface area contributed by atoms with Gasteiger partial charge in [-0.1, -0.05) is 17.4 Å². The molecule has 0 aromatic carbocycles. The van der Waals surface area contributed by atoms with E-state index in [0.29, 0.717) is 10.9 Å². The first-order chi connectivity index (χ1) is 7.22. The van der Waals surface area contributed by atoms with Crippen LogP contribution in [0.1, 0.15) is 12.1 Å². The van der Waals surface area contributed by atoms with Crippen LogP contribution in [0.25, 0.3) is 0 Å². The smallest absolute Gasteiger partial charge is 0.327 e. The first-order valence-electron chi connectivity index (χ1n) is 4.30. The van der Waals surface area contributed by atoms with Gasteiger partial charge in [0.1, 0.15) is 0 Å². The predicted molar refractivity (Wildman–Crippen MR) is 55.5 cm³/mol. The fraction of sp³-hybridized carbons (Fsp3) is 0.375. The van der Waals surface area contributed by atoms with Crippen molar-refractivity contribution in [3.05, 3.63) is 18.0 Å². The number of carbonyl (C=O) groups excluding carboxylic acids is 1. The zero-order chi connectivity index (χ0) is 11.1. The van der Waals surface area contributed by atoms with E-state index in [9.17, 15) is 4.79 Å². The first-order valence-corrected chi connectivity index (χ1v) is 5.28. The summed E-state index contributed by atoms with van der Waals surface area (Å²) >= 11 is 1.40. The average molecular weight is 228 g/mol. The molecule has 0 amide bonds. The van der Waals surface area contributed by atoms with E-state index in [4.69, 9.17) is 5.84 Å². The van der Waals surface area contributed by atoms with E-state index in [0.717, 1.165) is 5.69 Å². The summed E-state index contributed by atoms with van der Waals surface area (Å²) in [5.74, 6) is 4.96. The Morgan fingerprint density at radius 2 is 2.53 bits per heavy atom. The van der Waals surface area contributed by atoms with Crippen LogP contribution in [0.15, 0.2) is 17.4 Å². The maximum atomic E-state index is 10.9. The minimum atomic E-state index is -0.405. The van der Waals surface area contributed by atoms with Gasteiger partial charge in [0.05, 0.1) is 6.42 Å². The molecule has 15 heavy (non-hydrogen) atoms. The lowest BCUT2D eigenvalue weighted by molar-refractivity contribution is -0.150. The molecule has 82 valence electrons. The number of hydrogen-bond donors (Lipinski definition) is 2. The molecule has 0 spiro atoms. The normalized spacial score (nSPS) is 10.0. The van der Waals surface area contributed by atoms with Crippen molar-refractivity contribution in [1.82, 2.24) is 15.6 Å². The van der Waals surface area contributed by atoms with Gasteiger partial charge < -0.3 is 4.84 Å². The molecule has 0 aliphatic rings. The molecule has 0 bridgehead atoms. The molecule has 1 aromatic heterocycles. The molecule has 3 N–H and O–H groups in total. The lowest BCUT2D eigenvalue weighted by Crippen LogP contribution is -2.26. The minimum absolute atomic E-state index is 0.256. The molecule has 0 unspecified atom stereocenters. The van der Waals surface area contributed by atoms with Crippen LogP contribution in [-0.2, 0) is 9.63 Å². The minimum Gasteiger partial charge on any atom is -0.356 e. The quantitative estimate of drug-likeness (QED) is 0.322. The van der Waals surface area contributed by atoms with Crippen molar-refractivity contribution in [2.45, 2.75) is 18.5 Å². The van der Waals surface area contributed by atoms with E-state index < -0.39 is 5.97 Å². The Hall–Kier alpha value is -1.18. The van der Waals surface area contributed by atoms with Gasteiger partial charge in [-0.25, -0.2) is 15.8 Å². The summed E-state index contributed by atoms with van der Waals surface area (Å²) in [6.07, 6.45) is 1.94. The largest absolute Gasteiger partial charge is 0.356 e. The number of nitrogens with one attached hydrogen (secondary N) is 1. The van der Waals surface area contributed by atoms with Gasteiger partial charge in [-0.15, -0.1) is 0 Å². The highest BCUT2D eigenvalue weighted by molar-refractivity contribution is 7.99. The van der Waals surface area contributed by atoms with Crippen LogP contribution >= 0.6 is 11.8 Å². The maximum Gasteiger partial charge on any atom is 0.327 e. The number of nitrogens with two attached hydrogens (primary N) is 1. The molecule has 1 rings (SSSR count). The highest BCUT2D eigenvalue weighted by Gasteiger charge is 2.04. The SMILES string of the molecule is Cc1ccnc(SCCC(=O)ONN)n1. The number of thioether (sulfide) groups is 1. The highest BCUT2D eigenvalue weighted by Crippen LogP contribution is 2.13. The Balaban J connectivity index is 2.28. The van der Waals surface area contributed by atoms with Crippen LogP contribution in [0, 0.1) is 6.92 Å². The molecule has 0 fully saturated rings. The topological polar surface area (TPSA) is 90.1 Å². The lowest BCUT2D eigenvalue weighted by Gasteiger charge is -2.01. The molecule has 0 saturated heterocycles. The lowest BCUT2D eigenvalue weighted by atomic mass is 10.5. The molecule has 0 aliphatic carbocycles. The monoisotopic (exact) mass is 228 g/mol.